The summed E-state index contributed by atoms with van der Waals surface area (Å²) in [6.45, 7) is 10.2. The number of nitrogens with one attached hydrogen (secondary N) is 2. The van der Waals surface area contributed by atoms with Gasteiger partial charge in [0.15, 0.2) is 0 Å². The summed E-state index contributed by atoms with van der Waals surface area (Å²) in [4.78, 5) is 12.8. The zero-order chi connectivity index (χ0) is 27.4. The molecule has 0 radical (unpaired) electrons. The van der Waals surface area contributed by atoms with Crippen LogP contribution in [0.1, 0.15) is 124 Å². The number of fused-ring (bicyclic) bond motifs is 7. The van der Waals surface area contributed by atoms with Gasteiger partial charge < -0.3 is 20.5 Å². The molecule has 5 saturated carbocycles. The number of ether oxygens (including phenoxy) is 1. The van der Waals surface area contributed by atoms with Crippen molar-refractivity contribution < 1.29 is 14.6 Å². The second-order valence-corrected chi connectivity index (χ2v) is 15.8. The van der Waals surface area contributed by atoms with Crippen LogP contribution in [0.4, 0.5) is 4.79 Å². The lowest BCUT2D eigenvalue weighted by atomic mass is 9.44. The van der Waals surface area contributed by atoms with E-state index in [1.165, 1.54) is 64.2 Å². The first-order chi connectivity index (χ1) is 18.7. The normalized spacial score (nSPS) is 48.4. The fourth-order valence-electron chi connectivity index (χ4n) is 11.6. The van der Waals surface area contributed by atoms with Crippen molar-refractivity contribution in [1.82, 2.24) is 10.6 Å². The van der Waals surface area contributed by atoms with E-state index in [2.05, 4.69) is 38.3 Å². The van der Waals surface area contributed by atoms with Gasteiger partial charge in [-0.05, 0) is 129 Å². The molecule has 2 amide bonds. The van der Waals surface area contributed by atoms with Gasteiger partial charge in [-0.3, -0.25) is 0 Å². The average Bonchev–Trinajstić information content (AvgIpc) is 3.40. The molecule has 5 heteroatoms. The predicted octanol–water partition coefficient (Wildman–Crippen LogP) is 7.07. The summed E-state index contributed by atoms with van der Waals surface area (Å²) in [5.74, 6) is 5.02. The molecule has 0 aromatic carbocycles. The van der Waals surface area contributed by atoms with Crippen molar-refractivity contribution in [2.75, 3.05) is 6.61 Å². The van der Waals surface area contributed by atoms with Gasteiger partial charge in [0.25, 0.3) is 0 Å². The first-order valence-corrected chi connectivity index (χ1v) is 17.1. The Morgan fingerprint density at radius 1 is 0.923 bits per heavy atom. The van der Waals surface area contributed by atoms with Crippen LogP contribution in [0.25, 0.3) is 0 Å². The van der Waals surface area contributed by atoms with E-state index in [0.29, 0.717) is 59.5 Å². The van der Waals surface area contributed by atoms with Gasteiger partial charge >= 0.3 is 6.03 Å². The molecule has 1 heterocycles. The minimum atomic E-state index is 0.0911. The van der Waals surface area contributed by atoms with Crippen LogP contribution in [-0.2, 0) is 4.74 Å². The maximum absolute atomic E-state index is 12.8. The number of hydrogen-bond acceptors (Lipinski definition) is 3. The van der Waals surface area contributed by atoms with Crippen LogP contribution in [0.3, 0.4) is 0 Å². The molecule has 39 heavy (non-hydrogen) atoms. The first-order valence-electron chi connectivity index (χ1n) is 17.1. The molecule has 6 fully saturated rings. The van der Waals surface area contributed by atoms with Crippen LogP contribution in [0.15, 0.2) is 0 Å². The summed E-state index contributed by atoms with van der Waals surface area (Å²) in [7, 11) is 0. The number of hydrogen-bond donors (Lipinski definition) is 3. The topological polar surface area (TPSA) is 70.6 Å². The number of aliphatic hydroxyl groups is 1. The van der Waals surface area contributed by atoms with Crippen LogP contribution in [-0.4, -0.2) is 42.0 Å². The molecule has 0 aromatic heterocycles. The third-order valence-electron chi connectivity index (χ3n) is 13.8. The van der Waals surface area contributed by atoms with Crippen LogP contribution in [0.5, 0.6) is 0 Å². The minimum Gasteiger partial charge on any atom is -0.396 e. The maximum atomic E-state index is 12.8. The van der Waals surface area contributed by atoms with E-state index in [9.17, 15) is 9.90 Å². The van der Waals surface area contributed by atoms with Gasteiger partial charge in [0.05, 0.1) is 12.2 Å². The Balaban J connectivity index is 1.07. The molecular formula is C34H58N2O3. The molecule has 6 rings (SSSR count). The third kappa shape index (κ3) is 5.08. The third-order valence-corrected chi connectivity index (χ3v) is 13.8. The van der Waals surface area contributed by atoms with Crippen LogP contribution < -0.4 is 10.6 Å². The molecule has 1 aliphatic heterocycles. The van der Waals surface area contributed by atoms with Crippen molar-refractivity contribution in [2.24, 2.45) is 52.3 Å². The van der Waals surface area contributed by atoms with Crippen molar-refractivity contribution >= 4 is 6.03 Å². The van der Waals surface area contributed by atoms with Gasteiger partial charge in [0, 0.05) is 18.7 Å². The second-order valence-electron chi connectivity index (χ2n) is 15.8. The van der Waals surface area contributed by atoms with E-state index in [4.69, 9.17) is 4.74 Å². The molecule has 6 aliphatic rings. The van der Waals surface area contributed by atoms with Crippen molar-refractivity contribution in [3.05, 3.63) is 0 Å². The molecule has 9 unspecified atom stereocenters. The van der Waals surface area contributed by atoms with Gasteiger partial charge in [0.2, 0.25) is 0 Å². The molecule has 5 nitrogen and oxygen atoms in total. The van der Waals surface area contributed by atoms with Gasteiger partial charge in [-0.1, -0.05) is 47.0 Å². The lowest BCUT2D eigenvalue weighted by Crippen LogP contribution is -2.56. The molecule has 5 aliphatic carbocycles. The van der Waals surface area contributed by atoms with Crippen LogP contribution in [0, 0.1) is 52.3 Å². The largest absolute Gasteiger partial charge is 0.396 e. The number of rotatable bonds is 6. The zero-order valence-electron chi connectivity index (χ0n) is 25.4. The number of carbonyl (C=O) groups excluding carboxylic acids is 1. The van der Waals surface area contributed by atoms with Gasteiger partial charge in [-0.2, -0.15) is 0 Å². The van der Waals surface area contributed by atoms with E-state index in [-0.39, 0.29) is 6.03 Å². The molecule has 3 N–H and O–H groups in total. The molecular weight excluding hydrogens is 484 g/mol. The molecule has 0 aromatic rings. The Kier molecular flexibility index (Phi) is 8.07. The maximum Gasteiger partial charge on any atom is 0.315 e. The fourth-order valence-corrected chi connectivity index (χ4v) is 11.6. The van der Waals surface area contributed by atoms with E-state index in [0.717, 1.165) is 55.8 Å². The van der Waals surface area contributed by atoms with E-state index < -0.39 is 0 Å². The summed E-state index contributed by atoms with van der Waals surface area (Å²) in [5, 5.41) is 16.2. The predicted molar refractivity (Wildman–Crippen MR) is 156 cm³/mol. The SMILES string of the molecule is CC(CO)CC[C@H]1OC2CC3C4CCC5C[C@H](NC(=O)NC6CCCCC6)CCC5(C)C4CCC3(C)C2[C@@H]1C. The summed E-state index contributed by atoms with van der Waals surface area (Å²) >= 11 is 0. The molecule has 12 atom stereocenters. The van der Waals surface area contributed by atoms with Crippen molar-refractivity contribution in [3.8, 4) is 0 Å². The highest BCUT2D eigenvalue weighted by Crippen LogP contribution is 2.70. The molecule has 1 saturated heterocycles. The molecule has 222 valence electrons. The summed E-state index contributed by atoms with van der Waals surface area (Å²) < 4.78 is 6.84. The minimum absolute atomic E-state index is 0.0911. The highest BCUT2D eigenvalue weighted by atomic mass is 16.5. The van der Waals surface area contributed by atoms with E-state index in [1.807, 2.05) is 0 Å². The number of aliphatic hydroxyl groups excluding tert-OH is 1. The Morgan fingerprint density at radius 3 is 2.44 bits per heavy atom. The number of urea groups is 1. The quantitative estimate of drug-likeness (QED) is 0.336. The van der Waals surface area contributed by atoms with Crippen molar-refractivity contribution in [2.45, 2.75) is 148 Å². The highest BCUT2D eigenvalue weighted by Gasteiger charge is 2.65. The lowest BCUT2D eigenvalue weighted by Gasteiger charge is -2.61. The van der Waals surface area contributed by atoms with Gasteiger partial charge in [-0.15, -0.1) is 0 Å². The second kappa shape index (κ2) is 11.1. The Hall–Kier alpha value is -0.810. The smallest absolute Gasteiger partial charge is 0.315 e. The molecule has 0 spiro atoms. The zero-order valence-corrected chi connectivity index (χ0v) is 25.4. The highest BCUT2D eigenvalue weighted by molar-refractivity contribution is 5.74. The van der Waals surface area contributed by atoms with E-state index >= 15 is 0 Å². The summed E-state index contributed by atoms with van der Waals surface area (Å²) in [6, 6.07) is 0.826. The van der Waals surface area contributed by atoms with Crippen molar-refractivity contribution in [1.29, 1.82) is 0 Å². The standard InChI is InChI=1S/C34H58N2O3/c1-21(20-37)10-13-29-22(2)31-30(39-29)19-28-26-12-11-23-18-25(36-32(38)35-24-8-6-5-7-9-24)14-16-33(23,3)27(26)15-17-34(28,31)4/h21-31,37H,5-20H2,1-4H3,(H2,35,36,38)/t21?,22-,23?,25-,26?,27?,28?,29-,30?,31?,33?,34?/m1/s1. The Morgan fingerprint density at radius 2 is 1.67 bits per heavy atom. The van der Waals surface area contributed by atoms with Gasteiger partial charge in [0.1, 0.15) is 0 Å². The fraction of sp³-hybridized carbons (Fsp3) is 0.971. The van der Waals surface area contributed by atoms with Gasteiger partial charge in [-0.25, -0.2) is 4.79 Å². The Labute approximate surface area is 238 Å². The lowest BCUT2D eigenvalue weighted by molar-refractivity contribution is -0.118. The first kappa shape index (κ1) is 28.3. The number of amides is 2. The van der Waals surface area contributed by atoms with Crippen LogP contribution in [0.2, 0.25) is 0 Å². The van der Waals surface area contributed by atoms with Crippen molar-refractivity contribution in [3.63, 3.8) is 0 Å². The molecule has 0 bridgehead atoms. The van der Waals surface area contributed by atoms with Crippen LogP contribution >= 0.6 is 0 Å². The monoisotopic (exact) mass is 542 g/mol. The number of carbonyl (C=O) groups is 1. The average molecular weight is 543 g/mol. The summed E-state index contributed by atoms with van der Waals surface area (Å²) in [5.41, 5.74) is 0.872. The summed E-state index contributed by atoms with van der Waals surface area (Å²) in [6.07, 6.45) is 19.6. The van der Waals surface area contributed by atoms with E-state index in [1.54, 1.807) is 0 Å². The Bertz CT molecular complexity index is 875.